The van der Waals surface area contributed by atoms with Gasteiger partial charge in [-0.3, -0.25) is 0 Å². The number of rotatable bonds is 2. The molecule has 0 amide bonds. The van der Waals surface area contributed by atoms with E-state index in [0.717, 1.165) is 0 Å². The zero-order valence-electron chi connectivity index (χ0n) is 5.63. The molecule has 2 heteroatoms. The van der Waals surface area contributed by atoms with Gasteiger partial charge in [0.25, 0.3) is 0 Å². The molecule has 0 saturated heterocycles. The average molecular weight is 112 g/mol. The van der Waals surface area contributed by atoms with E-state index in [1.54, 1.807) is 13.2 Å². The van der Waals surface area contributed by atoms with Crippen molar-refractivity contribution in [1.82, 2.24) is 0 Å². The third kappa shape index (κ3) is 5.34. The van der Waals surface area contributed by atoms with Crippen molar-refractivity contribution in [1.29, 1.82) is 0 Å². The van der Waals surface area contributed by atoms with Gasteiger partial charge in [0.05, 0.1) is 0 Å². The van der Waals surface area contributed by atoms with Crippen LogP contribution in [0.1, 0.15) is 13.8 Å². The van der Waals surface area contributed by atoms with Crippen LogP contribution in [-0.4, -0.2) is 7.05 Å². The van der Waals surface area contributed by atoms with Crippen LogP contribution >= 0.6 is 0 Å². The first-order chi connectivity index (χ1) is 3.77. The summed E-state index contributed by atoms with van der Waals surface area (Å²) in [5, 5.41) is 7.20. The van der Waals surface area contributed by atoms with Crippen LogP contribution in [0.2, 0.25) is 0 Å². The Morgan fingerprint density at radius 2 is 2.00 bits per heavy atom. The molecule has 0 aromatic heterocycles. The summed E-state index contributed by atoms with van der Waals surface area (Å²) >= 11 is 0. The van der Waals surface area contributed by atoms with Crippen molar-refractivity contribution < 1.29 is 0 Å². The predicted octanol–water partition coefficient (Wildman–Crippen LogP) is 2.24. The summed E-state index contributed by atoms with van der Waals surface area (Å²) < 4.78 is 0. The summed E-state index contributed by atoms with van der Waals surface area (Å²) in [4.78, 5) is 0. The van der Waals surface area contributed by atoms with Crippen molar-refractivity contribution in [3.05, 3.63) is 12.3 Å². The lowest BCUT2D eigenvalue weighted by Crippen LogP contribution is -1.74. The van der Waals surface area contributed by atoms with Crippen molar-refractivity contribution in [2.75, 3.05) is 7.05 Å². The number of azo groups is 1. The van der Waals surface area contributed by atoms with Crippen LogP contribution in [0.15, 0.2) is 22.5 Å². The summed E-state index contributed by atoms with van der Waals surface area (Å²) in [5.74, 6) is 0.570. The normalized spacial score (nSPS) is 12.5. The van der Waals surface area contributed by atoms with E-state index in [1.165, 1.54) is 0 Å². The van der Waals surface area contributed by atoms with Crippen molar-refractivity contribution in [2.24, 2.45) is 16.1 Å². The van der Waals surface area contributed by atoms with Gasteiger partial charge in [0, 0.05) is 13.2 Å². The van der Waals surface area contributed by atoms with Gasteiger partial charge in [-0.15, -0.1) is 0 Å². The van der Waals surface area contributed by atoms with Gasteiger partial charge in [0.15, 0.2) is 0 Å². The van der Waals surface area contributed by atoms with Gasteiger partial charge in [0.2, 0.25) is 0 Å². The molecule has 8 heavy (non-hydrogen) atoms. The molecule has 2 nitrogen and oxygen atoms in total. The standard InChI is InChI=1S/C6H12N2/c1-6(2)4-5-8-7-3/h4-6H,1-3H3/b5-4-,8-7-. The minimum absolute atomic E-state index is 0.570. The highest BCUT2D eigenvalue weighted by atomic mass is 15.1. The molecule has 0 aromatic carbocycles. The van der Waals surface area contributed by atoms with Crippen LogP contribution in [0.4, 0.5) is 0 Å². The Morgan fingerprint density at radius 3 is 2.38 bits per heavy atom. The molecule has 0 bridgehead atoms. The smallest absolute Gasteiger partial charge is 0.0491 e. The summed E-state index contributed by atoms with van der Waals surface area (Å²) in [7, 11) is 1.66. The first kappa shape index (κ1) is 7.34. The highest BCUT2D eigenvalue weighted by Crippen LogP contribution is 1.92. The summed E-state index contributed by atoms with van der Waals surface area (Å²) in [6.45, 7) is 4.20. The lowest BCUT2D eigenvalue weighted by Gasteiger charge is -1.87. The minimum atomic E-state index is 0.570. The molecular weight excluding hydrogens is 100 g/mol. The van der Waals surface area contributed by atoms with E-state index in [4.69, 9.17) is 0 Å². The maximum absolute atomic E-state index is 3.66. The van der Waals surface area contributed by atoms with E-state index in [1.807, 2.05) is 6.08 Å². The second-order valence-electron chi connectivity index (χ2n) is 1.90. The fraction of sp³-hybridized carbons (Fsp3) is 0.667. The maximum atomic E-state index is 3.66. The van der Waals surface area contributed by atoms with Crippen molar-refractivity contribution >= 4 is 0 Å². The Kier molecular flexibility index (Phi) is 4.13. The van der Waals surface area contributed by atoms with E-state index < -0.39 is 0 Å². The zero-order chi connectivity index (χ0) is 6.41. The van der Waals surface area contributed by atoms with Gasteiger partial charge >= 0.3 is 0 Å². The van der Waals surface area contributed by atoms with Crippen LogP contribution < -0.4 is 0 Å². The Bertz CT molecular complexity index is 92.7. The first-order valence-electron chi connectivity index (χ1n) is 2.73. The summed E-state index contributed by atoms with van der Waals surface area (Å²) in [6.07, 6.45) is 3.71. The Labute approximate surface area is 50.3 Å². The molecule has 0 radical (unpaired) electrons. The number of nitrogens with zero attached hydrogens (tertiary/aromatic N) is 2. The quantitative estimate of drug-likeness (QED) is 0.489. The molecular formula is C6H12N2. The molecule has 0 rings (SSSR count). The number of hydrogen-bond donors (Lipinski definition) is 0. The summed E-state index contributed by atoms with van der Waals surface area (Å²) in [6, 6.07) is 0. The lowest BCUT2D eigenvalue weighted by molar-refractivity contribution is 0.827. The molecule has 0 aromatic rings. The molecule has 0 aliphatic rings. The van der Waals surface area contributed by atoms with Crippen LogP contribution in [0.5, 0.6) is 0 Å². The molecule has 0 unspecified atom stereocenters. The van der Waals surface area contributed by atoms with Crippen LogP contribution in [0, 0.1) is 5.92 Å². The van der Waals surface area contributed by atoms with Crippen molar-refractivity contribution in [2.45, 2.75) is 13.8 Å². The second kappa shape index (κ2) is 4.50. The molecule has 46 valence electrons. The van der Waals surface area contributed by atoms with Gasteiger partial charge in [-0.05, 0) is 5.92 Å². The van der Waals surface area contributed by atoms with Crippen LogP contribution in [0.25, 0.3) is 0 Å². The molecule has 0 heterocycles. The predicted molar refractivity (Wildman–Crippen MR) is 34.8 cm³/mol. The third-order valence-electron chi connectivity index (χ3n) is 0.653. The van der Waals surface area contributed by atoms with E-state index >= 15 is 0 Å². The first-order valence-corrected chi connectivity index (χ1v) is 2.73. The van der Waals surface area contributed by atoms with Crippen molar-refractivity contribution in [3.63, 3.8) is 0 Å². The van der Waals surface area contributed by atoms with Crippen LogP contribution in [-0.2, 0) is 0 Å². The lowest BCUT2D eigenvalue weighted by atomic mass is 10.2. The number of allylic oxidation sites excluding steroid dienone is 1. The molecule has 0 N–H and O–H groups in total. The fourth-order valence-corrected chi connectivity index (χ4v) is 0.277. The van der Waals surface area contributed by atoms with Gasteiger partial charge < -0.3 is 0 Å². The molecule has 0 saturated carbocycles. The molecule has 0 aliphatic carbocycles. The van der Waals surface area contributed by atoms with Crippen LogP contribution in [0.3, 0.4) is 0 Å². The topological polar surface area (TPSA) is 24.7 Å². The van der Waals surface area contributed by atoms with Gasteiger partial charge in [0.1, 0.15) is 0 Å². The average Bonchev–Trinajstić information content (AvgIpc) is 1.66. The second-order valence-corrected chi connectivity index (χ2v) is 1.90. The highest BCUT2D eigenvalue weighted by molar-refractivity contribution is 4.80. The maximum Gasteiger partial charge on any atom is 0.0491 e. The monoisotopic (exact) mass is 112 g/mol. The largest absolute Gasteiger partial charge is 0.193 e. The zero-order valence-corrected chi connectivity index (χ0v) is 5.63. The SMILES string of the molecule is C/N=N\C=C/C(C)C. The Balaban J connectivity index is 3.34. The number of hydrogen-bond acceptors (Lipinski definition) is 2. The third-order valence-corrected chi connectivity index (χ3v) is 0.653. The van der Waals surface area contributed by atoms with Gasteiger partial charge in [-0.25, -0.2) is 0 Å². The van der Waals surface area contributed by atoms with E-state index in [0.29, 0.717) is 5.92 Å². The Morgan fingerprint density at radius 1 is 1.38 bits per heavy atom. The van der Waals surface area contributed by atoms with E-state index in [-0.39, 0.29) is 0 Å². The fourth-order valence-electron chi connectivity index (χ4n) is 0.277. The summed E-state index contributed by atoms with van der Waals surface area (Å²) in [5.41, 5.74) is 0. The highest BCUT2D eigenvalue weighted by Gasteiger charge is 1.78. The van der Waals surface area contributed by atoms with Gasteiger partial charge in [-0.1, -0.05) is 19.9 Å². The van der Waals surface area contributed by atoms with E-state index in [9.17, 15) is 0 Å². The molecule has 0 fully saturated rings. The van der Waals surface area contributed by atoms with Crippen molar-refractivity contribution in [3.8, 4) is 0 Å². The van der Waals surface area contributed by atoms with E-state index in [2.05, 4.69) is 24.1 Å². The Hall–Kier alpha value is -0.660. The molecule has 0 spiro atoms. The van der Waals surface area contributed by atoms with Gasteiger partial charge in [-0.2, -0.15) is 10.2 Å². The minimum Gasteiger partial charge on any atom is -0.193 e. The molecule has 0 aliphatic heterocycles. The molecule has 0 atom stereocenters.